The minimum absolute atomic E-state index is 0.0601. The van der Waals surface area contributed by atoms with Crippen LogP contribution in [0.15, 0.2) is 12.1 Å². The van der Waals surface area contributed by atoms with Gasteiger partial charge in [-0.05, 0) is 23.0 Å². The van der Waals surface area contributed by atoms with E-state index in [1.54, 1.807) is 7.11 Å². The number of benzene rings is 1. The Morgan fingerprint density at radius 1 is 1.00 bits per heavy atom. The number of carbonyl (C=O) groups excluding carboxylic acids is 1. The Kier molecular flexibility index (Phi) is 4.68. The third-order valence-electron chi connectivity index (χ3n) is 3.55. The molecule has 0 saturated heterocycles. The molecule has 0 radical (unpaired) electrons. The molecule has 0 amide bonds. The Hall–Kier alpha value is -1.31. The molecule has 1 aromatic carbocycles. The molecule has 0 heterocycles. The first-order valence-electron chi connectivity index (χ1n) is 7.28. The molecule has 0 aliphatic rings. The van der Waals surface area contributed by atoms with Crippen LogP contribution in [0, 0.1) is 0 Å². The van der Waals surface area contributed by atoms with E-state index in [2.05, 4.69) is 41.5 Å². The highest BCUT2D eigenvalue weighted by atomic mass is 16.5. The van der Waals surface area contributed by atoms with E-state index in [-0.39, 0.29) is 16.6 Å². The van der Waals surface area contributed by atoms with Gasteiger partial charge < -0.3 is 4.74 Å². The van der Waals surface area contributed by atoms with Crippen molar-refractivity contribution in [2.24, 2.45) is 0 Å². The van der Waals surface area contributed by atoms with E-state index in [0.29, 0.717) is 6.42 Å². The van der Waals surface area contributed by atoms with Crippen LogP contribution in [0.5, 0.6) is 5.75 Å². The average molecular weight is 276 g/mol. The van der Waals surface area contributed by atoms with Crippen molar-refractivity contribution in [2.45, 2.75) is 65.7 Å². The molecule has 0 N–H and O–H groups in total. The predicted molar refractivity (Wildman–Crippen MR) is 85.0 cm³/mol. The van der Waals surface area contributed by atoms with Crippen LogP contribution in [0.3, 0.4) is 0 Å². The molecule has 0 saturated carbocycles. The van der Waals surface area contributed by atoms with Crippen molar-refractivity contribution in [3.05, 3.63) is 28.8 Å². The lowest BCUT2D eigenvalue weighted by Gasteiger charge is -2.29. The van der Waals surface area contributed by atoms with E-state index < -0.39 is 0 Å². The summed E-state index contributed by atoms with van der Waals surface area (Å²) in [7, 11) is 1.71. The van der Waals surface area contributed by atoms with Gasteiger partial charge in [0.05, 0.1) is 7.11 Å². The SMILES string of the molecule is CCC(=O)c1cc(C(C)(C)C)c(OC)c(C(C)(C)C)c1. The molecular weight excluding hydrogens is 248 g/mol. The molecule has 0 unspecified atom stereocenters. The van der Waals surface area contributed by atoms with E-state index in [0.717, 1.165) is 22.4 Å². The van der Waals surface area contributed by atoms with Gasteiger partial charge in [-0.3, -0.25) is 4.79 Å². The molecule has 112 valence electrons. The van der Waals surface area contributed by atoms with Crippen molar-refractivity contribution in [2.75, 3.05) is 7.11 Å². The van der Waals surface area contributed by atoms with Crippen LogP contribution >= 0.6 is 0 Å². The van der Waals surface area contributed by atoms with Gasteiger partial charge in [-0.25, -0.2) is 0 Å². The second-order valence-electron chi connectivity index (χ2n) is 7.38. The van der Waals surface area contributed by atoms with Gasteiger partial charge >= 0.3 is 0 Å². The summed E-state index contributed by atoms with van der Waals surface area (Å²) in [5.74, 6) is 1.10. The lowest BCUT2D eigenvalue weighted by atomic mass is 9.78. The number of methoxy groups -OCH3 is 1. The fourth-order valence-electron chi connectivity index (χ4n) is 2.33. The normalized spacial score (nSPS) is 12.4. The highest BCUT2D eigenvalue weighted by molar-refractivity contribution is 5.96. The Morgan fingerprint density at radius 2 is 1.40 bits per heavy atom. The van der Waals surface area contributed by atoms with Gasteiger partial charge in [0.2, 0.25) is 0 Å². The molecular formula is C18H28O2. The smallest absolute Gasteiger partial charge is 0.162 e. The fourth-order valence-corrected chi connectivity index (χ4v) is 2.33. The lowest BCUT2D eigenvalue weighted by Crippen LogP contribution is -2.20. The molecule has 0 aromatic heterocycles. The quantitative estimate of drug-likeness (QED) is 0.735. The fraction of sp³-hybridized carbons (Fsp3) is 0.611. The van der Waals surface area contributed by atoms with Crippen LogP contribution in [-0.2, 0) is 10.8 Å². The van der Waals surface area contributed by atoms with E-state index in [9.17, 15) is 4.79 Å². The summed E-state index contributed by atoms with van der Waals surface area (Å²) in [6.45, 7) is 14.8. The molecule has 0 aliphatic carbocycles. The number of carbonyl (C=O) groups is 1. The van der Waals surface area contributed by atoms with Crippen LogP contribution in [0.4, 0.5) is 0 Å². The zero-order valence-corrected chi connectivity index (χ0v) is 14.2. The summed E-state index contributed by atoms with van der Waals surface area (Å²) in [5.41, 5.74) is 2.88. The predicted octanol–water partition coefficient (Wildman–Crippen LogP) is 4.88. The first-order chi connectivity index (χ1) is 9.02. The van der Waals surface area contributed by atoms with Crippen molar-refractivity contribution in [1.82, 2.24) is 0 Å². The number of ether oxygens (including phenoxy) is 1. The van der Waals surface area contributed by atoms with Gasteiger partial charge in [0, 0.05) is 23.1 Å². The Bertz CT molecular complexity index is 464. The Labute approximate surface area is 123 Å². The van der Waals surface area contributed by atoms with Gasteiger partial charge in [-0.2, -0.15) is 0 Å². The van der Waals surface area contributed by atoms with E-state index >= 15 is 0 Å². The maximum Gasteiger partial charge on any atom is 0.162 e. The molecule has 0 aliphatic heterocycles. The maximum atomic E-state index is 12.1. The van der Waals surface area contributed by atoms with E-state index in [4.69, 9.17) is 4.74 Å². The number of rotatable bonds is 3. The molecule has 0 fully saturated rings. The molecule has 0 spiro atoms. The standard InChI is InChI=1S/C18H28O2/c1-9-15(19)12-10-13(17(2,3)4)16(20-8)14(11-12)18(5,6)7/h10-11H,9H2,1-8H3. The first kappa shape index (κ1) is 16.7. The third-order valence-corrected chi connectivity index (χ3v) is 3.55. The summed E-state index contributed by atoms with van der Waals surface area (Å²) < 4.78 is 5.69. The Balaban J connectivity index is 3.70. The van der Waals surface area contributed by atoms with Gasteiger partial charge in [-0.1, -0.05) is 48.5 Å². The van der Waals surface area contributed by atoms with Crippen LogP contribution in [-0.4, -0.2) is 12.9 Å². The molecule has 0 atom stereocenters. The summed E-state index contributed by atoms with van der Waals surface area (Å²) in [6.07, 6.45) is 0.527. The maximum absolute atomic E-state index is 12.1. The molecule has 2 nitrogen and oxygen atoms in total. The lowest BCUT2D eigenvalue weighted by molar-refractivity contribution is 0.0988. The summed E-state index contributed by atoms with van der Waals surface area (Å²) in [4.78, 5) is 12.1. The zero-order valence-electron chi connectivity index (χ0n) is 14.2. The summed E-state index contributed by atoms with van der Waals surface area (Å²) >= 11 is 0. The molecule has 1 rings (SSSR count). The van der Waals surface area contributed by atoms with Crippen molar-refractivity contribution >= 4 is 5.78 Å². The van der Waals surface area contributed by atoms with Crippen molar-refractivity contribution in [1.29, 1.82) is 0 Å². The monoisotopic (exact) mass is 276 g/mol. The van der Waals surface area contributed by atoms with E-state index in [1.165, 1.54) is 0 Å². The van der Waals surface area contributed by atoms with Crippen LogP contribution in [0.25, 0.3) is 0 Å². The van der Waals surface area contributed by atoms with Gasteiger partial charge in [-0.15, -0.1) is 0 Å². The minimum atomic E-state index is -0.0601. The summed E-state index contributed by atoms with van der Waals surface area (Å²) in [5, 5.41) is 0. The van der Waals surface area contributed by atoms with Gasteiger partial charge in [0.1, 0.15) is 5.75 Å². The molecule has 0 bridgehead atoms. The highest BCUT2D eigenvalue weighted by Gasteiger charge is 2.28. The number of hydrogen-bond acceptors (Lipinski definition) is 2. The molecule has 1 aromatic rings. The van der Waals surface area contributed by atoms with Crippen molar-refractivity contribution < 1.29 is 9.53 Å². The average Bonchev–Trinajstić information content (AvgIpc) is 2.33. The third kappa shape index (κ3) is 3.41. The molecule has 20 heavy (non-hydrogen) atoms. The topological polar surface area (TPSA) is 26.3 Å². The summed E-state index contributed by atoms with van der Waals surface area (Å²) in [6, 6.07) is 4.00. The number of Topliss-reactive ketones (excluding diaryl/α,β-unsaturated/α-hetero) is 1. The highest BCUT2D eigenvalue weighted by Crippen LogP contribution is 2.40. The minimum Gasteiger partial charge on any atom is -0.496 e. The second kappa shape index (κ2) is 5.59. The van der Waals surface area contributed by atoms with Gasteiger partial charge in [0.15, 0.2) is 5.78 Å². The van der Waals surface area contributed by atoms with Crippen LogP contribution in [0.1, 0.15) is 76.4 Å². The molecule has 2 heteroatoms. The first-order valence-corrected chi connectivity index (χ1v) is 7.28. The second-order valence-corrected chi connectivity index (χ2v) is 7.38. The Morgan fingerprint density at radius 3 is 1.65 bits per heavy atom. The van der Waals surface area contributed by atoms with Crippen LogP contribution in [0.2, 0.25) is 0 Å². The van der Waals surface area contributed by atoms with E-state index in [1.807, 2.05) is 19.1 Å². The number of hydrogen-bond donors (Lipinski definition) is 0. The number of ketones is 1. The van der Waals surface area contributed by atoms with Gasteiger partial charge in [0.25, 0.3) is 0 Å². The largest absolute Gasteiger partial charge is 0.496 e. The van der Waals surface area contributed by atoms with Crippen LogP contribution < -0.4 is 4.74 Å². The zero-order chi connectivity index (χ0) is 15.7. The van der Waals surface area contributed by atoms with Crippen molar-refractivity contribution in [3.63, 3.8) is 0 Å². The van der Waals surface area contributed by atoms with Crippen molar-refractivity contribution in [3.8, 4) is 5.75 Å².